The summed E-state index contributed by atoms with van der Waals surface area (Å²) in [5, 5.41) is 4.02. The zero-order chi connectivity index (χ0) is 16.9. The van der Waals surface area contributed by atoms with Crippen LogP contribution < -0.4 is 9.47 Å². The maximum absolute atomic E-state index is 5.69. The molecule has 0 N–H and O–H groups in total. The fraction of sp³-hybridized carbons (Fsp3) is 0.263. The second-order valence-corrected chi connectivity index (χ2v) is 5.73. The number of hydrogen-bond acceptors (Lipinski definition) is 5. The van der Waals surface area contributed by atoms with Crippen molar-refractivity contribution in [3.8, 4) is 22.9 Å². The number of nitrogens with zero attached hydrogens (tertiary/aromatic N) is 2. The van der Waals surface area contributed by atoms with E-state index in [-0.39, 0.29) is 6.61 Å². The first-order valence-electron chi connectivity index (χ1n) is 7.86. The molecule has 3 aromatic rings. The lowest BCUT2D eigenvalue weighted by molar-refractivity contribution is 0.233. The lowest BCUT2D eigenvalue weighted by Gasteiger charge is -2.07. The molecule has 0 aliphatic rings. The highest BCUT2D eigenvalue weighted by Gasteiger charge is 2.11. The molecule has 0 radical (unpaired) electrons. The van der Waals surface area contributed by atoms with Crippen molar-refractivity contribution in [1.29, 1.82) is 0 Å². The largest absolute Gasteiger partial charge is 0.493 e. The molecule has 0 fully saturated rings. The number of aromatic nitrogens is 2. The highest BCUT2D eigenvalue weighted by Crippen LogP contribution is 2.27. The molecule has 1 heterocycles. The van der Waals surface area contributed by atoms with E-state index in [0.29, 0.717) is 29.1 Å². The molecule has 5 nitrogen and oxygen atoms in total. The first-order chi connectivity index (χ1) is 11.7. The summed E-state index contributed by atoms with van der Waals surface area (Å²) in [5.41, 5.74) is 2.20. The van der Waals surface area contributed by atoms with Crippen LogP contribution >= 0.6 is 0 Å². The van der Waals surface area contributed by atoms with Gasteiger partial charge in [0.2, 0.25) is 5.82 Å². The second kappa shape index (κ2) is 7.17. The first kappa shape index (κ1) is 16.1. The summed E-state index contributed by atoms with van der Waals surface area (Å²) in [6, 6.07) is 15.6. The summed E-state index contributed by atoms with van der Waals surface area (Å²) in [4.78, 5) is 4.38. The molecular weight excluding hydrogens is 304 g/mol. The Hall–Kier alpha value is -2.82. The lowest BCUT2D eigenvalue weighted by Crippen LogP contribution is -1.97. The van der Waals surface area contributed by atoms with Gasteiger partial charge in [0.25, 0.3) is 5.89 Å². The minimum absolute atomic E-state index is 0.192. The van der Waals surface area contributed by atoms with Gasteiger partial charge in [-0.05, 0) is 23.6 Å². The average molecular weight is 324 g/mol. The van der Waals surface area contributed by atoms with E-state index in [1.54, 1.807) is 7.11 Å². The number of ether oxygens (including phenoxy) is 2. The van der Waals surface area contributed by atoms with E-state index in [0.717, 1.165) is 5.56 Å². The standard InChI is InChI=1S/C19H20N2O3/c1-13(2)14-8-10-15(11-9-14)19-20-18(24-21-19)12-23-17-7-5-4-6-16(17)22-3/h4-11,13H,12H2,1-3H3. The average Bonchev–Trinajstić information content (AvgIpc) is 3.09. The third-order valence-corrected chi connectivity index (χ3v) is 3.72. The van der Waals surface area contributed by atoms with Gasteiger partial charge < -0.3 is 14.0 Å². The topological polar surface area (TPSA) is 57.4 Å². The Morgan fingerprint density at radius 3 is 2.38 bits per heavy atom. The maximum Gasteiger partial charge on any atom is 0.264 e. The molecule has 0 bridgehead atoms. The molecule has 0 spiro atoms. The van der Waals surface area contributed by atoms with Gasteiger partial charge in [0.15, 0.2) is 18.1 Å². The summed E-state index contributed by atoms with van der Waals surface area (Å²) < 4.78 is 16.2. The number of benzene rings is 2. The molecule has 3 rings (SSSR count). The van der Waals surface area contributed by atoms with E-state index in [9.17, 15) is 0 Å². The molecule has 0 unspecified atom stereocenters. The summed E-state index contributed by atoms with van der Waals surface area (Å²) in [6.07, 6.45) is 0. The first-order valence-corrected chi connectivity index (χ1v) is 7.86. The van der Waals surface area contributed by atoms with Crippen LogP contribution in [0.3, 0.4) is 0 Å². The fourth-order valence-electron chi connectivity index (χ4n) is 2.33. The van der Waals surface area contributed by atoms with Crippen LogP contribution in [0.15, 0.2) is 53.1 Å². The van der Waals surface area contributed by atoms with Crippen LogP contribution in [-0.4, -0.2) is 17.3 Å². The normalized spacial score (nSPS) is 10.8. The molecule has 0 saturated carbocycles. The molecule has 0 saturated heterocycles. The quantitative estimate of drug-likeness (QED) is 0.670. The summed E-state index contributed by atoms with van der Waals surface area (Å²) in [6.45, 7) is 4.52. The predicted molar refractivity (Wildman–Crippen MR) is 91.1 cm³/mol. The van der Waals surface area contributed by atoms with Gasteiger partial charge in [-0.1, -0.05) is 55.4 Å². The smallest absolute Gasteiger partial charge is 0.264 e. The molecule has 1 aromatic heterocycles. The van der Waals surface area contributed by atoms with E-state index in [2.05, 4.69) is 36.1 Å². The summed E-state index contributed by atoms with van der Waals surface area (Å²) in [7, 11) is 1.60. The number of para-hydroxylation sites is 2. The van der Waals surface area contributed by atoms with Gasteiger partial charge in [0.05, 0.1) is 7.11 Å². The van der Waals surface area contributed by atoms with Crippen molar-refractivity contribution in [3.05, 3.63) is 60.0 Å². The van der Waals surface area contributed by atoms with Gasteiger partial charge in [0, 0.05) is 5.56 Å². The molecule has 0 aliphatic heterocycles. The SMILES string of the molecule is COc1ccccc1OCc1nc(-c2ccc(C(C)C)cc2)no1. The van der Waals surface area contributed by atoms with Gasteiger partial charge in [-0.25, -0.2) is 0 Å². The van der Waals surface area contributed by atoms with Crippen molar-refractivity contribution in [2.24, 2.45) is 0 Å². The Bertz CT molecular complexity index is 794. The highest BCUT2D eigenvalue weighted by atomic mass is 16.5. The van der Waals surface area contributed by atoms with Crippen molar-refractivity contribution in [3.63, 3.8) is 0 Å². The van der Waals surface area contributed by atoms with E-state index in [4.69, 9.17) is 14.0 Å². The second-order valence-electron chi connectivity index (χ2n) is 5.73. The van der Waals surface area contributed by atoms with Gasteiger partial charge >= 0.3 is 0 Å². The molecule has 2 aromatic carbocycles. The Balaban J connectivity index is 1.69. The molecule has 0 amide bonds. The van der Waals surface area contributed by atoms with Crippen LogP contribution in [0.1, 0.15) is 31.2 Å². The van der Waals surface area contributed by atoms with Crippen molar-refractivity contribution in [2.45, 2.75) is 26.4 Å². The molecular formula is C19H20N2O3. The third kappa shape index (κ3) is 3.56. The van der Waals surface area contributed by atoms with Crippen LogP contribution in [0.25, 0.3) is 11.4 Å². The van der Waals surface area contributed by atoms with Crippen molar-refractivity contribution in [2.75, 3.05) is 7.11 Å². The van der Waals surface area contributed by atoms with Gasteiger partial charge in [-0.3, -0.25) is 0 Å². The van der Waals surface area contributed by atoms with Crippen molar-refractivity contribution >= 4 is 0 Å². The summed E-state index contributed by atoms with van der Waals surface area (Å²) in [5.74, 6) is 2.78. The number of methoxy groups -OCH3 is 1. The predicted octanol–water partition coefficient (Wildman–Crippen LogP) is 4.45. The zero-order valence-corrected chi connectivity index (χ0v) is 14.0. The van der Waals surface area contributed by atoms with E-state index in [1.165, 1.54) is 5.56 Å². The number of hydrogen-bond donors (Lipinski definition) is 0. The molecule has 0 atom stereocenters. The molecule has 0 aliphatic carbocycles. The monoisotopic (exact) mass is 324 g/mol. The van der Waals surface area contributed by atoms with Crippen LogP contribution in [0.2, 0.25) is 0 Å². The fourth-order valence-corrected chi connectivity index (χ4v) is 2.33. The van der Waals surface area contributed by atoms with Crippen LogP contribution in [0, 0.1) is 0 Å². The zero-order valence-electron chi connectivity index (χ0n) is 14.0. The lowest BCUT2D eigenvalue weighted by atomic mass is 10.0. The molecule has 124 valence electrons. The van der Waals surface area contributed by atoms with E-state index >= 15 is 0 Å². The summed E-state index contributed by atoms with van der Waals surface area (Å²) >= 11 is 0. The van der Waals surface area contributed by atoms with E-state index < -0.39 is 0 Å². The van der Waals surface area contributed by atoms with Crippen molar-refractivity contribution < 1.29 is 14.0 Å². The van der Waals surface area contributed by atoms with E-state index in [1.807, 2.05) is 36.4 Å². The van der Waals surface area contributed by atoms with Crippen LogP contribution in [-0.2, 0) is 6.61 Å². The Morgan fingerprint density at radius 1 is 1.00 bits per heavy atom. The molecule has 5 heteroatoms. The van der Waals surface area contributed by atoms with Crippen LogP contribution in [0.4, 0.5) is 0 Å². The van der Waals surface area contributed by atoms with Gasteiger partial charge in [-0.15, -0.1) is 0 Å². The van der Waals surface area contributed by atoms with Crippen molar-refractivity contribution in [1.82, 2.24) is 10.1 Å². The van der Waals surface area contributed by atoms with Crippen LogP contribution in [0.5, 0.6) is 11.5 Å². The Morgan fingerprint density at radius 2 is 1.71 bits per heavy atom. The molecule has 24 heavy (non-hydrogen) atoms. The Kier molecular flexibility index (Phi) is 4.79. The minimum atomic E-state index is 0.192. The number of rotatable bonds is 6. The van der Waals surface area contributed by atoms with Gasteiger partial charge in [-0.2, -0.15) is 4.98 Å². The maximum atomic E-state index is 5.69. The minimum Gasteiger partial charge on any atom is -0.493 e. The third-order valence-electron chi connectivity index (χ3n) is 3.72. The van der Waals surface area contributed by atoms with Gasteiger partial charge in [0.1, 0.15) is 0 Å². The highest BCUT2D eigenvalue weighted by molar-refractivity contribution is 5.54. The Labute approximate surface area is 141 Å².